The second-order valence-electron chi connectivity index (χ2n) is 4.72. The van der Waals surface area contributed by atoms with Crippen LogP contribution in [0.2, 0.25) is 0 Å². The lowest BCUT2D eigenvalue weighted by Gasteiger charge is -2.07. The first-order chi connectivity index (χ1) is 8.84. The van der Waals surface area contributed by atoms with Crippen LogP contribution in [0.4, 0.5) is 5.82 Å². The Labute approximate surface area is 105 Å². The van der Waals surface area contributed by atoms with Crippen LogP contribution in [0.25, 0.3) is 21.9 Å². The summed E-state index contributed by atoms with van der Waals surface area (Å²) >= 11 is 0. The monoisotopic (exact) mass is 232 g/mol. The van der Waals surface area contributed by atoms with Crippen molar-refractivity contribution in [3.63, 3.8) is 0 Å². The zero-order valence-corrected chi connectivity index (χ0v) is 9.85. The third kappa shape index (κ3) is 1.15. The molecular formula is C16H12N2. The summed E-state index contributed by atoms with van der Waals surface area (Å²) in [5, 5.41) is 2.29. The molecule has 0 saturated carbocycles. The molecule has 0 radical (unpaired) electrons. The van der Waals surface area contributed by atoms with Crippen LogP contribution in [0, 0.1) is 0 Å². The van der Waals surface area contributed by atoms with Crippen LogP contribution in [-0.2, 0) is 6.42 Å². The summed E-state index contributed by atoms with van der Waals surface area (Å²) in [5.74, 6) is 0.636. The molecule has 2 heteroatoms. The second-order valence-corrected chi connectivity index (χ2v) is 4.72. The van der Waals surface area contributed by atoms with Gasteiger partial charge in [0.2, 0.25) is 0 Å². The van der Waals surface area contributed by atoms with Crippen molar-refractivity contribution in [2.75, 3.05) is 5.73 Å². The predicted octanol–water partition coefficient (Wildman–Crippen LogP) is 3.39. The standard InChI is InChI=1S/C16H12N2/c17-16-15-10(7-8-18-16)5-6-13-12-4-2-1-3-11(12)9-14(13)15/h1-8H,9H2,(H2,17,18). The maximum absolute atomic E-state index is 6.05. The molecule has 1 aliphatic carbocycles. The van der Waals surface area contributed by atoms with Crippen molar-refractivity contribution in [3.05, 3.63) is 59.8 Å². The molecule has 86 valence electrons. The summed E-state index contributed by atoms with van der Waals surface area (Å²) in [4.78, 5) is 4.23. The van der Waals surface area contributed by atoms with Crippen LogP contribution in [-0.4, -0.2) is 4.98 Å². The van der Waals surface area contributed by atoms with E-state index >= 15 is 0 Å². The van der Waals surface area contributed by atoms with Gasteiger partial charge in [0.25, 0.3) is 0 Å². The van der Waals surface area contributed by atoms with Crippen molar-refractivity contribution in [2.45, 2.75) is 6.42 Å². The number of nitrogens with zero attached hydrogens (tertiary/aromatic N) is 1. The number of benzene rings is 2. The average molecular weight is 232 g/mol. The van der Waals surface area contributed by atoms with Crippen LogP contribution >= 0.6 is 0 Å². The minimum absolute atomic E-state index is 0.636. The number of aromatic nitrogens is 1. The molecule has 0 amide bonds. The van der Waals surface area contributed by atoms with Gasteiger partial charge < -0.3 is 5.73 Å². The summed E-state index contributed by atoms with van der Waals surface area (Å²) < 4.78 is 0. The molecule has 1 heterocycles. The zero-order valence-electron chi connectivity index (χ0n) is 9.85. The maximum atomic E-state index is 6.05. The topological polar surface area (TPSA) is 38.9 Å². The molecular weight excluding hydrogens is 220 g/mol. The molecule has 0 fully saturated rings. The van der Waals surface area contributed by atoms with Crippen LogP contribution in [0.5, 0.6) is 0 Å². The number of nitrogens with two attached hydrogens (primary N) is 1. The van der Waals surface area contributed by atoms with E-state index in [2.05, 4.69) is 41.4 Å². The van der Waals surface area contributed by atoms with Crippen molar-refractivity contribution < 1.29 is 0 Å². The van der Waals surface area contributed by atoms with Gasteiger partial charge in [0.15, 0.2) is 0 Å². The molecule has 1 aliphatic rings. The Morgan fingerprint density at radius 1 is 0.944 bits per heavy atom. The number of rotatable bonds is 0. The summed E-state index contributed by atoms with van der Waals surface area (Å²) in [6.07, 6.45) is 2.73. The van der Waals surface area contributed by atoms with Gasteiger partial charge in [-0.05, 0) is 40.1 Å². The van der Waals surface area contributed by atoms with Gasteiger partial charge in [0.1, 0.15) is 5.82 Å². The summed E-state index contributed by atoms with van der Waals surface area (Å²) in [5.41, 5.74) is 11.4. The largest absolute Gasteiger partial charge is 0.383 e. The highest BCUT2D eigenvalue weighted by Crippen LogP contribution is 2.41. The summed E-state index contributed by atoms with van der Waals surface area (Å²) in [6, 6.07) is 14.9. The van der Waals surface area contributed by atoms with E-state index in [0.717, 1.165) is 11.8 Å². The predicted molar refractivity (Wildman–Crippen MR) is 74.4 cm³/mol. The van der Waals surface area contributed by atoms with Crippen molar-refractivity contribution in [3.8, 4) is 11.1 Å². The molecule has 0 saturated heterocycles. The Bertz CT molecular complexity index is 775. The highest BCUT2D eigenvalue weighted by molar-refractivity contribution is 6.00. The minimum Gasteiger partial charge on any atom is -0.383 e. The molecule has 0 spiro atoms. The fourth-order valence-electron chi connectivity index (χ4n) is 2.93. The van der Waals surface area contributed by atoms with Crippen molar-refractivity contribution in [2.24, 2.45) is 0 Å². The first kappa shape index (κ1) is 9.66. The van der Waals surface area contributed by atoms with E-state index in [9.17, 15) is 0 Å². The van der Waals surface area contributed by atoms with Gasteiger partial charge in [-0.1, -0.05) is 36.4 Å². The van der Waals surface area contributed by atoms with Gasteiger partial charge in [-0.15, -0.1) is 0 Å². The van der Waals surface area contributed by atoms with Gasteiger partial charge in [-0.3, -0.25) is 0 Å². The molecule has 2 nitrogen and oxygen atoms in total. The van der Waals surface area contributed by atoms with Crippen molar-refractivity contribution in [1.29, 1.82) is 0 Å². The number of nitrogen functional groups attached to an aromatic ring is 1. The van der Waals surface area contributed by atoms with Crippen LogP contribution < -0.4 is 5.73 Å². The minimum atomic E-state index is 0.636. The molecule has 2 N–H and O–H groups in total. The van der Waals surface area contributed by atoms with E-state index in [1.165, 1.54) is 27.6 Å². The summed E-state index contributed by atoms with van der Waals surface area (Å²) in [6.45, 7) is 0. The SMILES string of the molecule is Nc1nccc2ccc3c(c12)Cc1ccccc1-3. The molecule has 0 aliphatic heterocycles. The molecule has 0 atom stereocenters. The maximum Gasteiger partial charge on any atom is 0.131 e. The first-order valence-corrected chi connectivity index (χ1v) is 6.09. The molecule has 3 aromatic rings. The van der Waals surface area contributed by atoms with E-state index in [1.54, 1.807) is 6.20 Å². The smallest absolute Gasteiger partial charge is 0.131 e. The number of hydrogen-bond donors (Lipinski definition) is 1. The molecule has 1 aromatic heterocycles. The third-order valence-electron chi connectivity index (χ3n) is 3.74. The highest BCUT2D eigenvalue weighted by Gasteiger charge is 2.20. The molecule has 18 heavy (non-hydrogen) atoms. The molecule has 0 unspecified atom stereocenters. The zero-order chi connectivity index (χ0) is 12.1. The van der Waals surface area contributed by atoms with E-state index in [0.29, 0.717) is 5.82 Å². The summed E-state index contributed by atoms with van der Waals surface area (Å²) in [7, 11) is 0. The van der Waals surface area contributed by atoms with E-state index < -0.39 is 0 Å². The quantitative estimate of drug-likeness (QED) is 0.504. The normalized spacial score (nSPS) is 12.4. The fraction of sp³-hybridized carbons (Fsp3) is 0.0625. The first-order valence-electron chi connectivity index (χ1n) is 6.09. The Hall–Kier alpha value is -2.35. The third-order valence-corrected chi connectivity index (χ3v) is 3.74. The van der Waals surface area contributed by atoms with Crippen molar-refractivity contribution in [1.82, 2.24) is 4.98 Å². The Balaban J connectivity index is 2.13. The Morgan fingerprint density at radius 3 is 2.78 bits per heavy atom. The van der Waals surface area contributed by atoms with Gasteiger partial charge in [0, 0.05) is 11.6 Å². The highest BCUT2D eigenvalue weighted by atomic mass is 14.8. The molecule has 4 rings (SSSR count). The van der Waals surface area contributed by atoms with Crippen molar-refractivity contribution >= 4 is 16.6 Å². The number of pyridine rings is 1. The number of fused-ring (bicyclic) bond motifs is 5. The lowest BCUT2D eigenvalue weighted by molar-refractivity contribution is 1.27. The van der Waals surface area contributed by atoms with Crippen LogP contribution in [0.3, 0.4) is 0 Å². The second kappa shape index (κ2) is 3.33. The van der Waals surface area contributed by atoms with Crippen LogP contribution in [0.1, 0.15) is 11.1 Å². The lowest BCUT2D eigenvalue weighted by atomic mass is 10.00. The van der Waals surface area contributed by atoms with Gasteiger partial charge in [-0.2, -0.15) is 0 Å². The van der Waals surface area contributed by atoms with E-state index in [-0.39, 0.29) is 0 Å². The molecule has 2 aromatic carbocycles. The lowest BCUT2D eigenvalue weighted by Crippen LogP contribution is -1.94. The van der Waals surface area contributed by atoms with E-state index in [1.807, 2.05) is 6.07 Å². The van der Waals surface area contributed by atoms with E-state index in [4.69, 9.17) is 5.73 Å². The number of hydrogen-bond acceptors (Lipinski definition) is 2. The Morgan fingerprint density at radius 2 is 1.83 bits per heavy atom. The Kier molecular flexibility index (Phi) is 1.78. The molecule has 0 bridgehead atoms. The number of anilines is 1. The van der Waals surface area contributed by atoms with Gasteiger partial charge >= 0.3 is 0 Å². The fourth-order valence-corrected chi connectivity index (χ4v) is 2.93. The average Bonchev–Trinajstić information content (AvgIpc) is 2.77. The van der Waals surface area contributed by atoms with Gasteiger partial charge in [0.05, 0.1) is 0 Å². The van der Waals surface area contributed by atoms with Gasteiger partial charge in [-0.25, -0.2) is 4.98 Å². The van der Waals surface area contributed by atoms with Crippen LogP contribution in [0.15, 0.2) is 48.7 Å².